The van der Waals surface area contributed by atoms with Gasteiger partial charge in [0.15, 0.2) is 0 Å². The second kappa shape index (κ2) is 5.14. The molecule has 1 rings (SSSR count). The van der Waals surface area contributed by atoms with Gasteiger partial charge in [-0.3, -0.25) is 0 Å². The lowest BCUT2D eigenvalue weighted by molar-refractivity contribution is 0.252. The molecule has 4 nitrogen and oxygen atoms in total. The Bertz CT molecular complexity index is 364. The molecule has 0 radical (unpaired) electrons. The number of hydrogen-bond donors (Lipinski definition) is 2. The number of carbonyl (C=O) groups is 1. The molecule has 2 N–H and O–H groups in total. The number of urea groups is 1. The monoisotopic (exact) mass is 205 g/mol. The Balaban J connectivity index is 2.51. The molecule has 15 heavy (non-hydrogen) atoms. The minimum Gasteiger partial charge on any atom is -0.307 e. The third-order valence-electron chi connectivity index (χ3n) is 1.69. The summed E-state index contributed by atoms with van der Waals surface area (Å²) in [6, 6.07) is 7.23. The molecule has 0 atom stereocenters. The van der Waals surface area contributed by atoms with E-state index in [1.165, 1.54) is 0 Å². The zero-order chi connectivity index (χ0) is 11.3. The number of amides is 2. The van der Waals surface area contributed by atoms with Crippen molar-refractivity contribution in [2.75, 3.05) is 5.32 Å². The van der Waals surface area contributed by atoms with Crippen LogP contribution in [0.4, 0.5) is 10.5 Å². The zero-order valence-corrected chi connectivity index (χ0v) is 9.16. The van der Waals surface area contributed by atoms with Crippen LogP contribution in [0.3, 0.4) is 0 Å². The maximum Gasteiger partial charge on any atom is 0.339 e. The zero-order valence-electron chi connectivity index (χ0n) is 9.16. The maximum atomic E-state index is 11.3. The van der Waals surface area contributed by atoms with Crippen LogP contribution in [0.2, 0.25) is 0 Å². The van der Waals surface area contributed by atoms with Gasteiger partial charge in [0.25, 0.3) is 0 Å². The van der Waals surface area contributed by atoms with Gasteiger partial charge in [0, 0.05) is 11.4 Å². The summed E-state index contributed by atoms with van der Waals surface area (Å²) in [6.45, 7) is 5.62. The highest BCUT2D eigenvalue weighted by molar-refractivity contribution is 5.90. The number of benzene rings is 1. The second-order valence-corrected chi connectivity index (χ2v) is 3.49. The third-order valence-corrected chi connectivity index (χ3v) is 1.69. The smallest absolute Gasteiger partial charge is 0.307 e. The summed E-state index contributed by atoms with van der Waals surface area (Å²) in [5.74, 6) is 0. The molecule has 0 aliphatic carbocycles. The van der Waals surface area contributed by atoms with Crippen molar-refractivity contribution in [3.8, 4) is 0 Å². The van der Waals surface area contributed by atoms with Crippen LogP contribution in [0.15, 0.2) is 29.4 Å². The molecular weight excluding hydrogens is 190 g/mol. The lowest BCUT2D eigenvalue weighted by Crippen LogP contribution is -2.24. The van der Waals surface area contributed by atoms with Gasteiger partial charge < -0.3 is 5.32 Å². The van der Waals surface area contributed by atoms with E-state index in [1.807, 2.05) is 45.0 Å². The van der Waals surface area contributed by atoms with Gasteiger partial charge in [-0.2, -0.15) is 5.10 Å². The highest BCUT2D eigenvalue weighted by Gasteiger charge is 1.98. The molecule has 0 aromatic heterocycles. The molecule has 1 aromatic rings. The van der Waals surface area contributed by atoms with Gasteiger partial charge >= 0.3 is 6.03 Å². The van der Waals surface area contributed by atoms with E-state index in [9.17, 15) is 4.79 Å². The first kappa shape index (κ1) is 11.2. The van der Waals surface area contributed by atoms with Crippen molar-refractivity contribution in [3.05, 3.63) is 29.8 Å². The van der Waals surface area contributed by atoms with Crippen molar-refractivity contribution < 1.29 is 4.79 Å². The van der Waals surface area contributed by atoms with Crippen LogP contribution in [0, 0.1) is 6.92 Å². The van der Waals surface area contributed by atoms with E-state index in [-0.39, 0.29) is 6.03 Å². The summed E-state index contributed by atoms with van der Waals surface area (Å²) >= 11 is 0. The number of aryl methyl sites for hydroxylation is 1. The quantitative estimate of drug-likeness (QED) is 0.565. The number of carbonyl (C=O) groups excluding carboxylic acids is 1. The molecule has 0 heterocycles. The van der Waals surface area contributed by atoms with E-state index in [1.54, 1.807) is 0 Å². The molecule has 0 saturated heterocycles. The minimum atomic E-state index is -0.333. The van der Waals surface area contributed by atoms with Gasteiger partial charge in [-0.1, -0.05) is 17.7 Å². The van der Waals surface area contributed by atoms with Crippen molar-refractivity contribution in [2.24, 2.45) is 5.10 Å². The Morgan fingerprint density at radius 1 is 1.20 bits per heavy atom. The summed E-state index contributed by atoms with van der Waals surface area (Å²) in [5, 5.41) is 6.46. The highest BCUT2D eigenvalue weighted by atomic mass is 16.2. The second-order valence-electron chi connectivity index (χ2n) is 3.49. The number of hydrogen-bond acceptors (Lipinski definition) is 2. The number of hydrazone groups is 1. The van der Waals surface area contributed by atoms with Gasteiger partial charge in [-0.15, -0.1) is 0 Å². The summed E-state index contributed by atoms with van der Waals surface area (Å²) in [7, 11) is 0. The molecule has 80 valence electrons. The molecule has 0 unspecified atom stereocenters. The molecule has 0 fully saturated rings. The number of rotatable bonds is 2. The lowest BCUT2D eigenvalue weighted by atomic mass is 10.2. The molecule has 0 saturated carbocycles. The molecule has 0 bridgehead atoms. The van der Waals surface area contributed by atoms with E-state index in [0.717, 1.165) is 17.0 Å². The van der Waals surface area contributed by atoms with Crippen LogP contribution in [0.25, 0.3) is 0 Å². The van der Waals surface area contributed by atoms with Gasteiger partial charge in [-0.05, 0) is 32.9 Å². The first-order valence-corrected chi connectivity index (χ1v) is 4.72. The van der Waals surface area contributed by atoms with Crippen LogP contribution in [0.1, 0.15) is 19.4 Å². The number of nitrogens with zero attached hydrogens (tertiary/aromatic N) is 1. The predicted octanol–water partition coefficient (Wildman–Crippen LogP) is 2.51. The lowest BCUT2D eigenvalue weighted by Gasteiger charge is -2.04. The van der Waals surface area contributed by atoms with Crippen LogP contribution >= 0.6 is 0 Å². The Hall–Kier alpha value is -1.84. The molecule has 2 amide bonds. The summed E-state index contributed by atoms with van der Waals surface area (Å²) < 4.78 is 0. The van der Waals surface area contributed by atoms with Crippen molar-refractivity contribution in [3.63, 3.8) is 0 Å². The summed E-state index contributed by atoms with van der Waals surface area (Å²) in [4.78, 5) is 11.3. The normalized spacial score (nSPS) is 9.27. The van der Waals surface area contributed by atoms with Gasteiger partial charge in [-0.25, -0.2) is 10.2 Å². The van der Waals surface area contributed by atoms with E-state index >= 15 is 0 Å². The van der Waals surface area contributed by atoms with Crippen molar-refractivity contribution in [1.82, 2.24) is 5.43 Å². The Morgan fingerprint density at radius 2 is 1.80 bits per heavy atom. The molecule has 1 aromatic carbocycles. The average Bonchev–Trinajstić information content (AvgIpc) is 2.19. The molecule has 0 aliphatic rings. The van der Waals surface area contributed by atoms with Gasteiger partial charge in [0.1, 0.15) is 0 Å². The predicted molar refractivity (Wildman–Crippen MR) is 62.1 cm³/mol. The molecular formula is C11H15N3O. The number of anilines is 1. The summed E-state index contributed by atoms with van der Waals surface area (Å²) in [6.07, 6.45) is 0. The van der Waals surface area contributed by atoms with Gasteiger partial charge in [0.05, 0.1) is 0 Å². The first-order chi connectivity index (χ1) is 7.08. The summed E-state index contributed by atoms with van der Waals surface area (Å²) in [5.41, 5.74) is 5.09. The van der Waals surface area contributed by atoms with Crippen LogP contribution in [0.5, 0.6) is 0 Å². The first-order valence-electron chi connectivity index (χ1n) is 4.72. The van der Waals surface area contributed by atoms with Crippen LogP contribution in [-0.2, 0) is 0 Å². The fourth-order valence-corrected chi connectivity index (χ4v) is 0.959. The molecule has 4 heteroatoms. The van der Waals surface area contributed by atoms with E-state index in [2.05, 4.69) is 15.8 Å². The maximum absolute atomic E-state index is 11.3. The van der Waals surface area contributed by atoms with Crippen LogP contribution in [-0.4, -0.2) is 11.7 Å². The fourth-order valence-electron chi connectivity index (χ4n) is 0.959. The largest absolute Gasteiger partial charge is 0.339 e. The number of nitrogens with one attached hydrogen (secondary N) is 2. The Morgan fingerprint density at radius 3 is 2.33 bits per heavy atom. The molecule has 0 spiro atoms. The van der Waals surface area contributed by atoms with Crippen LogP contribution < -0.4 is 10.7 Å². The van der Waals surface area contributed by atoms with E-state index in [4.69, 9.17) is 0 Å². The third kappa shape index (κ3) is 4.26. The molecule has 0 aliphatic heterocycles. The topological polar surface area (TPSA) is 53.5 Å². The van der Waals surface area contributed by atoms with E-state index < -0.39 is 0 Å². The standard InChI is InChI=1S/C11H15N3O/c1-8(2)13-14-11(15)12-10-6-4-9(3)5-7-10/h4-7H,1-3H3,(H2,12,14,15). The Labute approximate surface area is 89.4 Å². The highest BCUT2D eigenvalue weighted by Crippen LogP contribution is 2.07. The minimum absolute atomic E-state index is 0.333. The fraction of sp³-hybridized carbons (Fsp3) is 0.273. The van der Waals surface area contributed by atoms with Crippen molar-refractivity contribution >= 4 is 17.4 Å². The van der Waals surface area contributed by atoms with Crippen molar-refractivity contribution in [2.45, 2.75) is 20.8 Å². The van der Waals surface area contributed by atoms with Gasteiger partial charge in [0.2, 0.25) is 0 Å². The average molecular weight is 205 g/mol. The van der Waals surface area contributed by atoms with E-state index in [0.29, 0.717) is 0 Å². The SMILES string of the molecule is CC(C)=NNC(=O)Nc1ccc(C)cc1. The Kier molecular flexibility index (Phi) is 3.85. The van der Waals surface area contributed by atoms with Crippen molar-refractivity contribution in [1.29, 1.82) is 0 Å².